The molecule has 0 spiro atoms. The maximum Gasteiger partial charge on any atom is 0.269 e. The van der Waals surface area contributed by atoms with Gasteiger partial charge in [-0.05, 0) is 106 Å². The fourth-order valence-corrected chi connectivity index (χ4v) is 11.4. The van der Waals surface area contributed by atoms with E-state index in [4.69, 9.17) is 8.83 Å². The van der Waals surface area contributed by atoms with Gasteiger partial charge in [0.1, 0.15) is 11.2 Å². The first kappa shape index (κ1) is 36.4. The average Bonchev–Trinajstić information content (AvgIpc) is 3.98. The van der Waals surface area contributed by atoms with Crippen LogP contribution in [0.5, 0.6) is 0 Å². The van der Waals surface area contributed by atoms with Crippen LogP contribution in [0.15, 0.2) is 215 Å². The zero-order valence-corrected chi connectivity index (χ0v) is 35.9. The smallest absolute Gasteiger partial charge is 0.269 e. The van der Waals surface area contributed by atoms with Gasteiger partial charge in [0.25, 0.3) is 11.2 Å². The van der Waals surface area contributed by atoms with Crippen molar-refractivity contribution in [2.24, 2.45) is 0 Å². The molecule has 0 fully saturated rings. The van der Waals surface area contributed by atoms with Crippen LogP contribution in [-0.2, 0) is 5.41 Å². The summed E-state index contributed by atoms with van der Waals surface area (Å²) in [6.07, 6.45) is 0. The molecule has 1 unspecified atom stereocenters. The molecule has 0 saturated carbocycles. The number of nitrogens with zero attached hydrogens (tertiary/aromatic N) is 1. The molecular weight excluding hydrogens is 771 g/mol. The van der Waals surface area contributed by atoms with Gasteiger partial charge in [0.2, 0.25) is 0 Å². The standard InChI is InChI=1S/C58H43NO2Si/c1-62(2,3)44-32-30-43(31-33-44)59(42-28-24-39(25-29-42)38-14-5-4-6-15-38)52-21-13-20-51-57(52)47-18-7-10-19-50(47)58(51,40-26-34-55-48(36-40)45-16-8-11-22-53(45)60-55)41-27-35-56-49(37-41)46-17-9-12-23-54(46)61-56/h4-37H,1-3H3/p+1. The lowest BCUT2D eigenvalue weighted by atomic mass is 9.67. The Kier molecular flexibility index (Phi) is 8.12. The third kappa shape index (κ3) is 5.50. The lowest BCUT2D eigenvalue weighted by molar-refractivity contribution is 0.667. The Morgan fingerprint density at radius 3 is 1.84 bits per heavy atom. The maximum atomic E-state index is 6.45. The first-order chi connectivity index (χ1) is 30.4. The van der Waals surface area contributed by atoms with Crippen LogP contribution in [0.2, 0.25) is 19.6 Å². The van der Waals surface area contributed by atoms with Gasteiger partial charge in [0, 0.05) is 39.8 Å². The highest BCUT2D eigenvalue weighted by Crippen LogP contribution is 2.60. The normalized spacial score (nSPS) is 14.8. The Labute approximate surface area is 362 Å². The molecule has 1 N–H and O–H groups in total. The van der Waals surface area contributed by atoms with E-state index in [2.05, 4.69) is 225 Å². The van der Waals surface area contributed by atoms with Gasteiger partial charge in [0.15, 0.2) is 0 Å². The minimum atomic E-state index is -1.55. The predicted octanol–water partition coefficient (Wildman–Crippen LogP) is 15.6. The molecule has 1 aliphatic carbocycles. The van der Waals surface area contributed by atoms with Gasteiger partial charge < -0.3 is 13.7 Å². The second-order valence-electron chi connectivity index (χ2n) is 17.7. The van der Waals surface area contributed by atoms with Crippen LogP contribution >= 0.6 is 0 Å². The molecule has 0 amide bonds. The third-order valence-corrected chi connectivity index (χ3v) is 15.3. The number of fused-ring (bicyclic) bond motifs is 9. The number of hydrogen-bond acceptors (Lipinski definition) is 2. The largest absolute Gasteiger partial charge is 0.545 e. The Morgan fingerprint density at radius 2 is 1.05 bits per heavy atom. The van der Waals surface area contributed by atoms with Crippen molar-refractivity contribution in [1.82, 2.24) is 0 Å². The summed E-state index contributed by atoms with van der Waals surface area (Å²) in [5.74, 6) is 0. The van der Waals surface area contributed by atoms with E-state index in [0.717, 1.165) is 55.6 Å². The van der Waals surface area contributed by atoms with Crippen molar-refractivity contribution in [2.75, 3.05) is 4.90 Å². The fourth-order valence-electron chi connectivity index (χ4n) is 10.2. The minimum absolute atomic E-state index is 0.675. The molecule has 296 valence electrons. The van der Waals surface area contributed by atoms with E-state index in [0.29, 0.717) is 0 Å². The fraction of sp³-hybridized carbons (Fsp3) is 0.0690. The van der Waals surface area contributed by atoms with Crippen LogP contribution in [0.4, 0.5) is 17.1 Å². The third-order valence-electron chi connectivity index (χ3n) is 13.2. The van der Waals surface area contributed by atoms with Gasteiger partial charge in [-0.1, -0.05) is 152 Å². The SMILES string of the molecule is C[Si](C)(C)c1ccc(N(c2ccc(-c3ccccc3)cc2)c2cccc3c2-c2ccccc2C3(c2ccc3oc4ccccc4c3c2)c2ccc3[oH+]c4ccccc4c3c2)cc1. The van der Waals surface area contributed by atoms with Crippen LogP contribution < -0.4 is 10.1 Å². The van der Waals surface area contributed by atoms with Gasteiger partial charge in [-0.15, -0.1) is 0 Å². The van der Waals surface area contributed by atoms with Gasteiger partial charge in [-0.2, -0.15) is 0 Å². The summed E-state index contributed by atoms with van der Waals surface area (Å²) in [5.41, 5.74) is 16.3. The molecule has 1 aliphatic rings. The van der Waals surface area contributed by atoms with Crippen molar-refractivity contribution in [3.8, 4) is 22.3 Å². The molecule has 9 aromatic carbocycles. The number of para-hydroxylation sites is 2. The van der Waals surface area contributed by atoms with E-state index < -0.39 is 13.5 Å². The zero-order chi connectivity index (χ0) is 41.6. The Bertz CT molecular complexity index is 3390. The molecule has 12 rings (SSSR count). The Balaban J connectivity index is 1.16. The van der Waals surface area contributed by atoms with E-state index in [1.807, 2.05) is 6.07 Å². The van der Waals surface area contributed by atoms with E-state index in [-0.39, 0.29) is 0 Å². The molecule has 0 saturated heterocycles. The second kappa shape index (κ2) is 13.8. The topological polar surface area (TPSA) is 29.2 Å². The average molecular weight is 815 g/mol. The van der Waals surface area contributed by atoms with Gasteiger partial charge >= 0.3 is 0 Å². The molecule has 2 heterocycles. The summed E-state index contributed by atoms with van der Waals surface area (Å²) in [5, 5.41) is 6.01. The minimum Gasteiger partial charge on any atom is -0.545 e. The van der Waals surface area contributed by atoms with E-state index >= 15 is 0 Å². The number of furan rings is 2. The first-order valence-corrected chi connectivity index (χ1v) is 25.0. The van der Waals surface area contributed by atoms with E-state index in [1.165, 1.54) is 55.1 Å². The maximum absolute atomic E-state index is 6.45. The number of rotatable bonds is 7. The molecule has 3 nitrogen and oxygen atoms in total. The lowest BCUT2D eigenvalue weighted by Crippen LogP contribution is -2.37. The zero-order valence-electron chi connectivity index (χ0n) is 34.9. The van der Waals surface area contributed by atoms with Crippen LogP contribution in [0, 0.1) is 0 Å². The van der Waals surface area contributed by atoms with Crippen LogP contribution in [0.25, 0.3) is 66.1 Å². The highest BCUT2D eigenvalue weighted by Gasteiger charge is 2.48. The molecule has 0 radical (unpaired) electrons. The van der Waals surface area contributed by atoms with Gasteiger partial charge in [-0.25, -0.2) is 0 Å². The van der Waals surface area contributed by atoms with Crippen molar-refractivity contribution < 1.29 is 8.83 Å². The summed E-state index contributed by atoms with van der Waals surface area (Å²) in [6.45, 7) is 7.24. The van der Waals surface area contributed by atoms with Crippen molar-refractivity contribution in [3.63, 3.8) is 0 Å². The first-order valence-electron chi connectivity index (χ1n) is 21.5. The Hall–Kier alpha value is -7.40. The molecule has 62 heavy (non-hydrogen) atoms. The summed E-state index contributed by atoms with van der Waals surface area (Å²) < 4.78 is 11.5. The quantitative estimate of drug-likeness (QED) is 0.118. The molecular formula is C58H44NO2Si+. The van der Waals surface area contributed by atoms with Crippen LogP contribution in [-0.4, -0.2) is 8.07 Å². The molecule has 1 atom stereocenters. The number of benzene rings is 9. The van der Waals surface area contributed by atoms with E-state index in [9.17, 15) is 0 Å². The monoisotopic (exact) mass is 814 g/mol. The number of hydrogen-bond donors (Lipinski definition) is 0. The Morgan fingerprint density at radius 1 is 0.452 bits per heavy atom. The van der Waals surface area contributed by atoms with Gasteiger partial charge in [-0.3, -0.25) is 0 Å². The summed E-state index contributed by atoms with van der Waals surface area (Å²) in [6, 6.07) is 75.8. The highest BCUT2D eigenvalue weighted by atomic mass is 28.3. The van der Waals surface area contributed by atoms with Gasteiger partial charge in [0.05, 0.1) is 29.9 Å². The molecule has 4 heteroatoms. The second-order valence-corrected chi connectivity index (χ2v) is 22.8. The van der Waals surface area contributed by atoms with Crippen molar-refractivity contribution in [1.29, 1.82) is 0 Å². The summed E-state index contributed by atoms with van der Waals surface area (Å²) in [7, 11) is -1.55. The highest BCUT2D eigenvalue weighted by molar-refractivity contribution is 6.88. The molecule has 2 aromatic heterocycles. The molecule has 0 bridgehead atoms. The molecule has 0 aliphatic heterocycles. The van der Waals surface area contributed by atoms with Crippen molar-refractivity contribution >= 4 is 74.2 Å². The van der Waals surface area contributed by atoms with Crippen LogP contribution in [0.3, 0.4) is 0 Å². The number of anilines is 3. The van der Waals surface area contributed by atoms with Crippen LogP contribution in [0.1, 0.15) is 22.3 Å². The van der Waals surface area contributed by atoms with E-state index in [1.54, 1.807) is 0 Å². The van der Waals surface area contributed by atoms with Crippen molar-refractivity contribution in [3.05, 3.63) is 229 Å². The molecule has 11 aromatic rings. The van der Waals surface area contributed by atoms with Crippen molar-refractivity contribution in [2.45, 2.75) is 25.1 Å². The summed E-state index contributed by atoms with van der Waals surface area (Å²) >= 11 is 0. The lowest BCUT2D eigenvalue weighted by Gasteiger charge is -2.34. The predicted molar refractivity (Wildman–Crippen MR) is 263 cm³/mol. The summed E-state index contributed by atoms with van der Waals surface area (Å²) in [4.78, 5) is 2.47.